The lowest BCUT2D eigenvalue weighted by Gasteiger charge is -2.30. The van der Waals surface area contributed by atoms with Crippen molar-refractivity contribution in [2.75, 3.05) is 0 Å². The molecule has 1 aliphatic carbocycles. The monoisotopic (exact) mass is 286 g/mol. The number of hydrogen-bond donors (Lipinski definition) is 3. The van der Waals surface area contributed by atoms with Gasteiger partial charge in [0.25, 0.3) is 0 Å². The predicted molar refractivity (Wildman–Crippen MR) is 78.4 cm³/mol. The predicted octanol–water partition coefficient (Wildman–Crippen LogP) is 2.82. The molecular weight excluding hydrogens is 256 g/mol. The zero-order valence-electron chi connectivity index (χ0n) is 12.8. The molecule has 4 atom stereocenters. The van der Waals surface area contributed by atoms with E-state index in [1.807, 2.05) is 0 Å². The Morgan fingerprint density at radius 2 is 1.75 bits per heavy atom. The van der Waals surface area contributed by atoms with Crippen LogP contribution in [0.1, 0.15) is 65.2 Å². The minimum absolute atomic E-state index is 0.218. The molecule has 1 saturated carbocycles. The third-order valence-corrected chi connectivity index (χ3v) is 4.68. The maximum Gasteiger partial charge on any atom is 0.306 e. The van der Waals surface area contributed by atoms with Gasteiger partial charge in [-0.2, -0.15) is 0 Å². The van der Waals surface area contributed by atoms with Crippen LogP contribution in [0.15, 0.2) is 0 Å². The lowest BCUT2D eigenvalue weighted by atomic mass is 9.77. The number of carbonyl (C=O) groups is 1. The highest BCUT2D eigenvalue weighted by Crippen LogP contribution is 2.32. The number of rotatable bonds is 8. The van der Waals surface area contributed by atoms with Gasteiger partial charge in [-0.15, -0.1) is 0 Å². The Morgan fingerprint density at radius 3 is 2.20 bits per heavy atom. The van der Waals surface area contributed by atoms with Gasteiger partial charge in [0.2, 0.25) is 0 Å². The number of aliphatic carboxylic acids is 1. The summed E-state index contributed by atoms with van der Waals surface area (Å²) in [5.41, 5.74) is 0. The summed E-state index contributed by atoms with van der Waals surface area (Å²) in [6.07, 6.45) is 7.02. The Morgan fingerprint density at radius 1 is 1.15 bits per heavy atom. The fraction of sp³-hybridized carbons (Fsp3) is 0.938. The minimum atomic E-state index is -0.902. The standard InChI is InChI=1S/C16H30O4/c1-11(17)10-15(16(19)20)14(12(2)18)9-8-13-6-4-3-5-7-13/h11-15,17-18H,3-10H2,1-2H3,(H,19,20). The quantitative estimate of drug-likeness (QED) is 0.641. The molecule has 118 valence electrons. The molecule has 0 aliphatic heterocycles. The maximum atomic E-state index is 11.4. The van der Waals surface area contributed by atoms with E-state index in [1.165, 1.54) is 32.1 Å². The molecule has 0 bridgehead atoms. The molecule has 20 heavy (non-hydrogen) atoms. The van der Waals surface area contributed by atoms with Crippen LogP contribution in [0.2, 0.25) is 0 Å². The van der Waals surface area contributed by atoms with Crippen molar-refractivity contribution >= 4 is 5.97 Å². The molecule has 0 aromatic carbocycles. The highest BCUT2D eigenvalue weighted by atomic mass is 16.4. The van der Waals surface area contributed by atoms with E-state index >= 15 is 0 Å². The summed E-state index contributed by atoms with van der Waals surface area (Å²) >= 11 is 0. The molecule has 0 aromatic rings. The van der Waals surface area contributed by atoms with Crippen LogP contribution < -0.4 is 0 Å². The third kappa shape index (κ3) is 5.80. The topological polar surface area (TPSA) is 77.8 Å². The molecule has 0 heterocycles. The van der Waals surface area contributed by atoms with Gasteiger partial charge in [0.15, 0.2) is 0 Å². The smallest absolute Gasteiger partial charge is 0.306 e. The van der Waals surface area contributed by atoms with Crippen molar-refractivity contribution in [2.45, 2.75) is 77.4 Å². The summed E-state index contributed by atoms with van der Waals surface area (Å²) in [7, 11) is 0. The lowest BCUT2D eigenvalue weighted by molar-refractivity contribution is -0.147. The number of hydrogen-bond acceptors (Lipinski definition) is 3. The molecule has 1 rings (SSSR count). The van der Waals surface area contributed by atoms with E-state index in [0.29, 0.717) is 5.92 Å². The second-order valence-corrected chi connectivity index (χ2v) is 6.52. The summed E-state index contributed by atoms with van der Waals surface area (Å²) in [6.45, 7) is 3.28. The van der Waals surface area contributed by atoms with Gasteiger partial charge in [0, 0.05) is 0 Å². The SMILES string of the molecule is CC(O)CC(C(=O)O)C(CCC1CCCCC1)C(C)O. The van der Waals surface area contributed by atoms with E-state index in [1.54, 1.807) is 13.8 Å². The first-order chi connectivity index (χ1) is 9.41. The van der Waals surface area contributed by atoms with Gasteiger partial charge in [-0.3, -0.25) is 4.79 Å². The van der Waals surface area contributed by atoms with E-state index in [9.17, 15) is 20.1 Å². The Labute approximate surface area is 122 Å². The fourth-order valence-corrected chi connectivity index (χ4v) is 3.51. The van der Waals surface area contributed by atoms with Gasteiger partial charge < -0.3 is 15.3 Å². The van der Waals surface area contributed by atoms with Crippen LogP contribution >= 0.6 is 0 Å². The normalized spacial score (nSPS) is 23.0. The van der Waals surface area contributed by atoms with Gasteiger partial charge in [0.1, 0.15) is 0 Å². The van der Waals surface area contributed by atoms with Crippen LogP contribution in [0.4, 0.5) is 0 Å². The Bertz CT molecular complexity index is 282. The Hall–Kier alpha value is -0.610. The van der Waals surface area contributed by atoms with Crippen molar-refractivity contribution in [3.8, 4) is 0 Å². The first-order valence-corrected chi connectivity index (χ1v) is 8.00. The average molecular weight is 286 g/mol. The molecule has 4 unspecified atom stereocenters. The highest BCUT2D eigenvalue weighted by molar-refractivity contribution is 5.70. The van der Waals surface area contributed by atoms with Gasteiger partial charge >= 0.3 is 5.97 Å². The van der Waals surface area contributed by atoms with Crippen LogP contribution in [-0.4, -0.2) is 33.5 Å². The maximum absolute atomic E-state index is 11.4. The fourth-order valence-electron chi connectivity index (χ4n) is 3.51. The summed E-state index contributed by atoms with van der Waals surface area (Å²) in [4.78, 5) is 11.4. The van der Waals surface area contributed by atoms with Crippen LogP contribution in [0.3, 0.4) is 0 Å². The molecular formula is C16H30O4. The van der Waals surface area contributed by atoms with Crippen LogP contribution in [0.25, 0.3) is 0 Å². The summed E-state index contributed by atoms with van der Waals surface area (Å²) < 4.78 is 0. The highest BCUT2D eigenvalue weighted by Gasteiger charge is 2.32. The molecule has 3 N–H and O–H groups in total. The van der Waals surface area contributed by atoms with E-state index < -0.39 is 24.1 Å². The van der Waals surface area contributed by atoms with Crippen LogP contribution in [0.5, 0.6) is 0 Å². The third-order valence-electron chi connectivity index (χ3n) is 4.68. The van der Waals surface area contributed by atoms with Crippen molar-refractivity contribution in [1.29, 1.82) is 0 Å². The molecule has 0 amide bonds. The Balaban J connectivity index is 2.58. The van der Waals surface area contributed by atoms with Crippen molar-refractivity contribution in [3.63, 3.8) is 0 Å². The van der Waals surface area contributed by atoms with Crippen molar-refractivity contribution in [3.05, 3.63) is 0 Å². The first-order valence-electron chi connectivity index (χ1n) is 8.00. The number of aliphatic hydroxyl groups is 2. The van der Waals surface area contributed by atoms with E-state index in [4.69, 9.17) is 0 Å². The largest absolute Gasteiger partial charge is 0.481 e. The summed E-state index contributed by atoms with van der Waals surface area (Å²) in [6, 6.07) is 0. The molecule has 0 spiro atoms. The van der Waals surface area contributed by atoms with Crippen molar-refractivity contribution in [2.24, 2.45) is 17.8 Å². The molecule has 4 heteroatoms. The first kappa shape index (κ1) is 17.4. The van der Waals surface area contributed by atoms with Gasteiger partial charge in [-0.25, -0.2) is 0 Å². The van der Waals surface area contributed by atoms with Crippen molar-refractivity contribution < 1.29 is 20.1 Å². The van der Waals surface area contributed by atoms with Gasteiger partial charge in [-0.05, 0) is 38.5 Å². The Kier molecular flexibility index (Phi) is 7.52. The second kappa shape index (κ2) is 8.63. The minimum Gasteiger partial charge on any atom is -0.481 e. The molecule has 0 radical (unpaired) electrons. The number of carboxylic acids is 1. The zero-order valence-corrected chi connectivity index (χ0v) is 12.8. The number of carboxylic acid groups (broad SMARTS) is 1. The second-order valence-electron chi connectivity index (χ2n) is 6.52. The molecule has 0 saturated heterocycles. The van der Waals surface area contributed by atoms with E-state index in [-0.39, 0.29) is 12.3 Å². The lowest BCUT2D eigenvalue weighted by Crippen LogP contribution is -2.34. The van der Waals surface area contributed by atoms with E-state index in [2.05, 4.69) is 0 Å². The summed E-state index contributed by atoms with van der Waals surface area (Å²) in [5, 5.41) is 28.8. The van der Waals surface area contributed by atoms with Crippen LogP contribution in [-0.2, 0) is 4.79 Å². The van der Waals surface area contributed by atoms with Gasteiger partial charge in [-0.1, -0.05) is 38.5 Å². The zero-order chi connectivity index (χ0) is 15.1. The molecule has 0 aromatic heterocycles. The summed E-state index contributed by atoms with van der Waals surface area (Å²) in [5.74, 6) is -1.13. The van der Waals surface area contributed by atoms with Crippen molar-refractivity contribution in [1.82, 2.24) is 0 Å². The molecule has 4 nitrogen and oxygen atoms in total. The average Bonchev–Trinajstić information content (AvgIpc) is 2.38. The van der Waals surface area contributed by atoms with E-state index in [0.717, 1.165) is 12.8 Å². The number of aliphatic hydroxyl groups excluding tert-OH is 2. The van der Waals surface area contributed by atoms with Crippen LogP contribution in [0, 0.1) is 17.8 Å². The molecule has 1 fully saturated rings. The van der Waals surface area contributed by atoms with Gasteiger partial charge in [0.05, 0.1) is 18.1 Å². The molecule has 1 aliphatic rings.